The molecule has 0 fully saturated rings. The lowest BCUT2D eigenvalue weighted by atomic mass is 10.0. The van der Waals surface area contributed by atoms with Crippen molar-refractivity contribution < 1.29 is 4.79 Å². The maximum Gasteiger partial charge on any atom is 0.224 e. The van der Waals surface area contributed by atoms with Gasteiger partial charge in [-0.15, -0.1) is 0 Å². The first-order chi connectivity index (χ1) is 10.2. The average molecular weight is 297 g/mol. The van der Waals surface area contributed by atoms with Gasteiger partial charge in [-0.2, -0.15) is 0 Å². The molecule has 0 unspecified atom stereocenters. The zero-order valence-corrected chi connectivity index (χ0v) is 13.2. The second-order valence-corrected chi connectivity index (χ2v) is 6.56. The number of aryl methyl sites for hydroxylation is 1. The van der Waals surface area contributed by atoms with E-state index in [0.29, 0.717) is 6.42 Å². The molecule has 0 aliphatic carbocycles. The molecule has 0 aromatic heterocycles. The SMILES string of the molecule is CCCC(=O)Nc1cc(C)cc2c1Cc1ccccc1S2. The molecule has 1 heterocycles. The summed E-state index contributed by atoms with van der Waals surface area (Å²) in [5.41, 5.74) is 4.75. The van der Waals surface area contributed by atoms with Crippen LogP contribution in [0.2, 0.25) is 0 Å². The Labute approximate surface area is 130 Å². The van der Waals surface area contributed by atoms with Gasteiger partial charge in [0.05, 0.1) is 0 Å². The van der Waals surface area contributed by atoms with Crippen molar-refractivity contribution in [2.45, 2.75) is 42.9 Å². The van der Waals surface area contributed by atoms with E-state index >= 15 is 0 Å². The molecule has 0 radical (unpaired) electrons. The molecule has 21 heavy (non-hydrogen) atoms. The maximum absolute atomic E-state index is 11.9. The van der Waals surface area contributed by atoms with Crippen molar-refractivity contribution in [2.24, 2.45) is 0 Å². The van der Waals surface area contributed by atoms with Crippen LogP contribution in [0.1, 0.15) is 36.5 Å². The highest BCUT2D eigenvalue weighted by Crippen LogP contribution is 2.42. The molecule has 3 heteroatoms. The number of carbonyl (C=O) groups is 1. The van der Waals surface area contributed by atoms with Gasteiger partial charge in [-0.05, 0) is 48.2 Å². The highest BCUT2D eigenvalue weighted by atomic mass is 32.2. The predicted octanol–water partition coefficient (Wildman–Crippen LogP) is 4.79. The van der Waals surface area contributed by atoms with Gasteiger partial charge in [0, 0.05) is 28.3 Å². The lowest BCUT2D eigenvalue weighted by molar-refractivity contribution is -0.116. The van der Waals surface area contributed by atoms with E-state index < -0.39 is 0 Å². The van der Waals surface area contributed by atoms with Crippen molar-refractivity contribution >= 4 is 23.4 Å². The van der Waals surface area contributed by atoms with Gasteiger partial charge in [-0.25, -0.2) is 0 Å². The fraction of sp³-hybridized carbons (Fsp3) is 0.278. The van der Waals surface area contributed by atoms with Crippen LogP contribution in [0.3, 0.4) is 0 Å². The molecule has 3 rings (SSSR count). The van der Waals surface area contributed by atoms with Crippen LogP contribution in [-0.4, -0.2) is 5.91 Å². The number of hydrogen-bond acceptors (Lipinski definition) is 2. The van der Waals surface area contributed by atoms with Crippen molar-refractivity contribution in [3.63, 3.8) is 0 Å². The second kappa shape index (κ2) is 5.94. The molecule has 1 aliphatic rings. The molecule has 0 bridgehead atoms. The third kappa shape index (κ3) is 2.98. The summed E-state index contributed by atoms with van der Waals surface area (Å²) in [6, 6.07) is 12.8. The lowest BCUT2D eigenvalue weighted by Crippen LogP contribution is -2.14. The van der Waals surface area contributed by atoms with Gasteiger partial charge in [0.1, 0.15) is 0 Å². The summed E-state index contributed by atoms with van der Waals surface area (Å²) in [4.78, 5) is 14.5. The second-order valence-electron chi connectivity index (χ2n) is 5.47. The summed E-state index contributed by atoms with van der Waals surface area (Å²) in [6.45, 7) is 4.11. The van der Waals surface area contributed by atoms with Crippen molar-refractivity contribution in [1.29, 1.82) is 0 Å². The minimum absolute atomic E-state index is 0.106. The van der Waals surface area contributed by atoms with E-state index in [1.165, 1.54) is 26.5 Å². The number of hydrogen-bond donors (Lipinski definition) is 1. The molecule has 1 N–H and O–H groups in total. The molecular weight excluding hydrogens is 278 g/mol. The normalized spacial score (nSPS) is 12.5. The molecular formula is C18H19NOS. The van der Waals surface area contributed by atoms with E-state index in [4.69, 9.17) is 0 Å². The molecule has 0 spiro atoms. The summed E-state index contributed by atoms with van der Waals surface area (Å²) in [6.07, 6.45) is 2.34. The van der Waals surface area contributed by atoms with Gasteiger partial charge in [0.2, 0.25) is 5.91 Å². The topological polar surface area (TPSA) is 29.1 Å². The Hall–Kier alpha value is -1.74. The van der Waals surface area contributed by atoms with Crippen molar-refractivity contribution in [2.75, 3.05) is 5.32 Å². The Kier molecular flexibility index (Phi) is 4.02. The van der Waals surface area contributed by atoms with E-state index in [1.807, 2.05) is 6.92 Å². The van der Waals surface area contributed by atoms with Crippen LogP contribution < -0.4 is 5.32 Å². The van der Waals surface area contributed by atoms with E-state index in [9.17, 15) is 4.79 Å². The quantitative estimate of drug-likeness (QED) is 0.753. The van der Waals surface area contributed by atoms with E-state index in [1.54, 1.807) is 11.8 Å². The van der Waals surface area contributed by atoms with Gasteiger partial charge >= 0.3 is 0 Å². The van der Waals surface area contributed by atoms with Crippen molar-refractivity contribution in [1.82, 2.24) is 0 Å². The summed E-state index contributed by atoms with van der Waals surface area (Å²) in [5.74, 6) is 0.106. The van der Waals surface area contributed by atoms with Crippen LogP contribution in [0.15, 0.2) is 46.2 Å². The summed E-state index contributed by atoms with van der Waals surface area (Å²) < 4.78 is 0. The molecule has 1 aliphatic heterocycles. The number of carbonyl (C=O) groups excluding carboxylic acids is 1. The van der Waals surface area contributed by atoms with Crippen LogP contribution >= 0.6 is 11.8 Å². The highest BCUT2D eigenvalue weighted by molar-refractivity contribution is 7.99. The number of rotatable bonds is 3. The Morgan fingerprint density at radius 3 is 2.86 bits per heavy atom. The lowest BCUT2D eigenvalue weighted by Gasteiger charge is -2.22. The first-order valence-electron chi connectivity index (χ1n) is 7.36. The summed E-state index contributed by atoms with van der Waals surface area (Å²) in [5, 5.41) is 3.09. The summed E-state index contributed by atoms with van der Waals surface area (Å²) >= 11 is 1.80. The predicted molar refractivity (Wildman–Crippen MR) is 88.1 cm³/mol. The number of nitrogens with one attached hydrogen (secondary N) is 1. The Bertz CT molecular complexity index is 694. The number of amides is 1. The molecule has 2 aromatic carbocycles. The minimum Gasteiger partial charge on any atom is -0.326 e. The average Bonchev–Trinajstić information content (AvgIpc) is 2.45. The molecule has 108 valence electrons. The smallest absolute Gasteiger partial charge is 0.224 e. The molecule has 0 saturated carbocycles. The first kappa shape index (κ1) is 14.2. The van der Waals surface area contributed by atoms with Gasteiger partial charge in [-0.1, -0.05) is 36.9 Å². The molecule has 0 atom stereocenters. The Morgan fingerprint density at radius 1 is 1.24 bits per heavy atom. The molecule has 0 saturated heterocycles. The molecule has 2 aromatic rings. The summed E-state index contributed by atoms with van der Waals surface area (Å²) in [7, 11) is 0. The fourth-order valence-electron chi connectivity index (χ4n) is 2.67. The Morgan fingerprint density at radius 2 is 2.05 bits per heavy atom. The minimum atomic E-state index is 0.106. The van der Waals surface area contributed by atoms with Gasteiger partial charge in [0.15, 0.2) is 0 Å². The maximum atomic E-state index is 11.9. The zero-order valence-electron chi connectivity index (χ0n) is 12.4. The first-order valence-corrected chi connectivity index (χ1v) is 8.18. The third-order valence-corrected chi connectivity index (χ3v) is 4.87. The van der Waals surface area contributed by atoms with Crippen LogP contribution in [0, 0.1) is 6.92 Å². The van der Waals surface area contributed by atoms with E-state index in [-0.39, 0.29) is 5.91 Å². The van der Waals surface area contributed by atoms with Crippen LogP contribution in [-0.2, 0) is 11.2 Å². The zero-order chi connectivity index (χ0) is 14.8. The number of fused-ring (bicyclic) bond motifs is 2. The largest absolute Gasteiger partial charge is 0.326 e. The number of anilines is 1. The highest BCUT2D eigenvalue weighted by Gasteiger charge is 2.19. The Balaban J connectivity index is 1.97. The standard InChI is InChI=1S/C18H19NOS/c1-3-6-18(20)19-15-9-12(2)10-17-14(15)11-13-7-4-5-8-16(13)21-17/h4-5,7-10H,3,6,11H2,1-2H3,(H,19,20). The van der Waals surface area contributed by atoms with E-state index in [0.717, 1.165) is 18.5 Å². The molecule has 1 amide bonds. The van der Waals surface area contributed by atoms with Gasteiger partial charge in [0.25, 0.3) is 0 Å². The number of benzene rings is 2. The molecule has 2 nitrogen and oxygen atoms in total. The van der Waals surface area contributed by atoms with Gasteiger partial charge < -0.3 is 5.32 Å². The monoisotopic (exact) mass is 297 g/mol. The van der Waals surface area contributed by atoms with Crippen molar-refractivity contribution in [3.8, 4) is 0 Å². The van der Waals surface area contributed by atoms with Gasteiger partial charge in [-0.3, -0.25) is 4.79 Å². The fourth-order valence-corrected chi connectivity index (χ4v) is 3.87. The third-order valence-electron chi connectivity index (χ3n) is 3.66. The van der Waals surface area contributed by atoms with E-state index in [2.05, 4.69) is 48.6 Å². The van der Waals surface area contributed by atoms with Crippen molar-refractivity contribution in [3.05, 3.63) is 53.1 Å². The van der Waals surface area contributed by atoms with Crippen LogP contribution in [0.4, 0.5) is 5.69 Å². The van der Waals surface area contributed by atoms with Crippen LogP contribution in [0.25, 0.3) is 0 Å². The van der Waals surface area contributed by atoms with Crippen LogP contribution in [0.5, 0.6) is 0 Å².